The van der Waals surface area contributed by atoms with Crippen LogP contribution in [-0.4, -0.2) is 25.7 Å². The smallest absolute Gasteiger partial charge is 0.0369 e. The van der Waals surface area contributed by atoms with Gasteiger partial charge < -0.3 is 10.2 Å². The summed E-state index contributed by atoms with van der Waals surface area (Å²) in [5, 5.41) is 3.62. The molecule has 1 N–H and O–H groups in total. The van der Waals surface area contributed by atoms with E-state index in [1.165, 1.54) is 29.7 Å². The summed E-state index contributed by atoms with van der Waals surface area (Å²) in [7, 11) is 2.19. The topological polar surface area (TPSA) is 15.3 Å². The summed E-state index contributed by atoms with van der Waals surface area (Å²) in [6, 6.07) is 6.77. The van der Waals surface area contributed by atoms with Crippen LogP contribution in [0.15, 0.2) is 18.2 Å². The average molecular weight is 232 g/mol. The van der Waals surface area contributed by atoms with Crippen LogP contribution in [0.25, 0.3) is 0 Å². The molecule has 0 saturated carbocycles. The van der Waals surface area contributed by atoms with E-state index in [1.807, 2.05) is 0 Å². The fourth-order valence-corrected chi connectivity index (χ4v) is 2.88. The van der Waals surface area contributed by atoms with E-state index in [1.54, 1.807) is 0 Å². The quantitative estimate of drug-likeness (QED) is 0.862. The van der Waals surface area contributed by atoms with Crippen LogP contribution in [-0.2, 0) is 0 Å². The van der Waals surface area contributed by atoms with Crippen molar-refractivity contribution in [1.82, 2.24) is 5.32 Å². The van der Waals surface area contributed by atoms with Gasteiger partial charge in [-0.3, -0.25) is 0 Å². The van der Waals surface area contributed by atoms with E-state index in [4.69, 9.17) is 0 Å². The number of rotatable bonds is 3. The van der Waals surface area contributed by atoms with Gasteiger partial charge in [-0.05, 0) is 63.4 Å². The van der Waals surface area contributed by atoms with E-state index in [-0.39, 0.29) is 5.54 Å². The first-order chi connectivity index (χ1) is 7.98. The van der Waals surface area contributed by atoms with Gasteiger partial charge in [-0.25, -0.2) is 0 Å². The summed E-state index contributed by atoms with van der Waals surface area (Å²) in [6.45, 7) is 8.91. The minimum atomic E-state index is 0.284. The Morgan fingerprint density at radius 1 is 1.24 bits per heavy atom. The largest absolute Gasteiger partial charge is 0.373 e. The van der Waals surface area contributed by atoms with E-state index >= 15 is 0 Å². The maximum Gasteiger partial charge on any atom is 0.0369 e. The summed E-state index contributed by atoms with van der Waals surface area (Å²) >= 11 is 0. The molecule has 1 unspecified atom stereocenters. The van der Waals surface area contributed by atoms with Gasteiger partial charge in [-0.15, -0.1) is 0 Å². The molecule has 1 atom stereocenters. The second kappa shape index (κ2) is 4.69. The molecule has 1 aromatic rings. The van der Waals surface area contributed by atoms with Gasteiger partial charge in [-0.2, -0.15) is 0 Å². The minimum Gasteiger partial charge on any atom is -0.373 e. The fourth-order valence-electron chi connectivity index (χ4n) is 2.88. The molecule has 94 valence electrons. The third-order valence-electron chi connectivity index (χ3n) is 3.69. The molecule has 0 bridgehead atoms. The van der Waals surface area contributed by atoms with Crippen LogP contribution in [0.4, 0.5) is 5.69 Å². The third-order valence-corrected chi connectivity index (χ3v) is 3.69. The Kier molecular flexibility index (Phi) is 3.43. The lowest BCUT2D eigenvalue weighted by Crippen LogP contribution is -2.46. The highest BCUT2D eigenvalue weighted by Gasteiger charge is 2.29. The number of likely N-dealkylation sites (N-methyl/N-ethyl adjacent to an activating group) is 1. The van der Waals surface area contributed by atoms with Crippen LogP contribution in [0.1, 0.15) is 30.9 Å². The van der Waals surface area contributed by atoms with Crippen LogP contribution in [0.3, 0.4) is 0 Å². The average Bonchev–Trinajstić information content (AvgIpc) is 2.63. The molecule has 0 amide bonds. The molecule has 0 spiro atoms. The predicted octanol–water partition coefficient (Wildman–Crippen LogP) is 2.88. The normalized spacial score (nSPS) is 24.0. The zero-order valence-corrected chi connectivity index (χ0v) is 11.5. The lowest BCUT2D eigenvalue weighted by Gasteiger charge is -2.32. The number of anilines is 1. The predicted molar refractivity (Wildman–Crippen MR) is 74.8 cm³/mol. The number of nitrogens with one attached hydrogen (secondary N) is 1. The van der Waals surface area contributed by atoms with E-state index in [0.29, 0.717) is 0 Å². The Morgan fingerprint density at radius 3 is 2.41 bits per heavy atom. The first-order valence-corrected chi connectivity index (χ1v) is 6.53. The van der Waals surface area contributed by atoms with Gasteiger partial charge in [0.1, 0.15) is 0 Å². The summed E-state index contributed by atoms with van der Waals surface area (Å²) < 4.78 is 0. The summed E-state index contributed by atoms with van der Waals surface area (Å²) in [5.74, 6) is 0. The monoisotopic (exact) mass is 232 g/mol. The molecule has 17 heavy (non-hydrogen) atoms. The van der Waals surface area contributed by atoms with Crippen LogP contribution < -0.4 is 10.2 Å². The molecule has 1 aliphatic rings. The molecule has 1 aliphatic heterocycles. The van der Waals surface area contributed by atoms with E-state index in [0.717, 1.165) is 13.1 Å². The van der Waals surface area contributed by atoms with Crippen molar-refractivity contribution in [3.63, 3.8) is 0 Å². The Labute approximate surface area is 105 Å². The zero-order valence-electron chi connectivity index (χ0n) is 11.5. The molecule has 1 saturated heterocycles. The van der Waals surface area contributed by atoms with Crippen molar-refractivity contribution in [3.05, 3.63) is 29.3 Å². The minimum absolute atomic E-state index is 0.284. The van der Waals surface area contributed by atoms with Gasteiger partial charge in [0.25, 0.3) is 0 Å². The first kappa shape index (κ1) is 12.4. The van der Waals surface area contributed by atoms with Gasteiger partial charge in [0, 0.05) is 24.8 Å². The highest BCUT2D eigenvalue weighted by Crippen LogP contribution is 2.23. The van der Waals surface area contributed by atoms with Gasteiger partial charge >= 0.3 is 0 Å². The van der Waals surface area contributed by atoms with Gasteiger partial charge in [0.15, 0.2) is 0 Å². The SMILES string of the molecule is Cc1cc(C)cc(N(C)CC2(C)CCCN2)c1. The number of nitrogens with zero attached hydrogens (tertiary/aromatic N) is 1. The molecule has 1 fully saturated rings. The Balaban J connectivity index is 2.11. The van der Waals surface area contributed by atoms with E-state index < -0.39 is 0 Å². The highest BCUT2D eigenvalue weighted by molar-refractivity contribution is 5.50. The van der Waals surface area contributed by atoms with Crippen LogP contribution in [0.5, 0.6) is 0 Å². The molecule has 2 nitrogen and oxygen atoms in total. The molecule has 2 heteroatoms. The van der Waals surface area contributed by atoms with Crippen molar-refractivity contribution >= 4 is 5.69 Å². The number of hydrogen-bond acceptors (Lipinski definition) is 2. The second-order valence-corrected chi connectivity index (χ2v) is 5.79. The molecule has 2 rings (SSSR count). The molecule has 0 radical (unpaired) electrons. The van der Waals surface area contributed by atoms with Crippen molar-refractivity contribution < 1.29 is 0 Å². The van der Waals surface area contributed by atoms with Crippen LogP contribution in [0.2, 0.25) is 0 Å². The van der Waals surface area contributed by atoms with Gasteiger partial charge in [-0.1, -0.05) is 6.07 Å². The number of aryl methyl sites for hydroxylation is 2. The van der Waals surface area contributed by atoms with Crippen molar-refractivity contribution in [2.75, 3.05) is 25.0 Å². The third kappa shape index (κ3) is 3.01. The first-order valence-electron chi connectivity index (χ1n) is 6.53. The van der Waals surface area contributed by atoms with Crippen molar-refractivity contribution in [3.8, 4) is 0 Å². The summed E-state index contributed by atoms with van der Waals surface area (Å²) in [5.41, 5.74) is 4.30. The lowest BCUT2D eigenvalue weighted by atomic mass is 9.99. The maximum absolute atomic E-state index is 3.62. The Bertz CT molecular complexity index is 372. The lowest BCUT2D eigenvalue weighted by molar-refractivity contribution is 0.419. The van der Waals surface area contributed by atoms with Crippen LogP contribution >= 0.6 is 0 Å². The van der Waals surface area contributed by atoms with Crippen LogP contribution in [0, 0.1) is 13.8 Å². The zero-order chi connectivity index (χ0) is 12.5. The number of benzene rings is 1. The van der Waals surface area contributed by atoms with E-state index in [9.17, 15) is 0 Å². The summed E-state index contributed by atoms with van der Waals surface area (Å²) in [6.07, 6.45) is 2.58. The molecule has 0 aromatic heterocycles. The van der Waals surface area contributed by atoms with Crippen molar-refractivity contribution in [1.29, 1.82) is 0 Å². The molecule has 1 heterocycles. The fraction of sp³-hybridized carbons (Fsp3) is 0.600. The standard InChI is InChI=1S/C15H24N2/c1-12-8-13(2)10-14(9-12)17(4)11-15(3)6-5-7-16-15/h8-10,16H,5-7,11H2,1-4H3. The molecular weight excluding hydrogens is 208 g/mol. The summed E-state index contributed by atoms with van der Waals surface area (Å²) in [4.78, 5) is 2.37. The second-order valence-electron chi connectivity index (χ2n) is 5.79. The van der Waals surface area contributed by atoms with Crippen molar-refractivity contribution in [2.45, 2.75) is 39.2 Å². The molecule has 1 aromatic carbocycles. The molecule has 0 aliphatic carbocycles. The maximum atomic E-state index is 3.62. The van der Waals surface area contributed by atoms with Crippen molar-refractivity contribution in [2.24, 2.45) is 0 Å². The highest BCUT2D eigenvalue weighted by atomic mass is 15.2. The van der Waals surface area contributed by atoms with Gasteiger partial charge in [0.05, 0.1) is 0 Å². The Morgan fingerprint density at radius 2 is 1.88 bits per heavy atom. The molecular formula is C15H24N2. The van der Waals surface area contributed by atoms with Gasteiger partial charge in [0.2, 0.25) is 0 Å². The van der Waals surface area contributed by atoms with E-state index in [2.05, 4.69) is 56.2 Å². The Hall–Kier alpha value is -1.02. The number of hydrogen-bond donors (Lipinski definition) is 1.